The van der Waals surface area contributed by atoms with Crippen LogP contribution >= 0.6 is 0 Å². The van der Waals surface area contributed by atoms with Gasteiger partial charge in [0.25, 0.3) is 0 Å². The fourth-order valence-corrected chi connectivity index (χ4v) is 0. The largest absolute Gasteiger partial charge is 0.425 e. The molecule has 5 heavy (non-hydrogen) atoms. The fourth-order valence-electron chi connectivity index (χ4n) is 0. The van der Waals surface area contributed by atoms with E-state index in [9.17, 15) is 0 Å². The average molecular weight is 287 g/mol. The molecule has 28 valence electrons. The summed E-state index contributed by atoms with van der Waals surface area (Å²) in [5.74, 6) is 0. The summed E-state index contributed by atoms with van der Waals surface area (Å²) in [5.41, 5.74) is 0. The summed E-state index contributed by atoms with van der Waals surface area (Å²) in [6, 6.07) is 0. The van der Waals surface area contributed by atoms with Crippen LogP contribution in [0.15, 0.2) is 0 Å². The zero-order chi connectivity index (χ0) is 3.58. The van der Waals surface area contributed by atoms with Gasteiger partial charge >= 0.3 is 10.6 Å². The van der Waals surface area contributed by atoms with E-state index in [1.165, 1.54) is 0 Å². The number of hydrogen-bond donors (Lipinski definition) is 0. The Balaban J connectivity index is 0. The van der Waals surface area contributed by atoms with E-state index in [1.807, 2.05) is 0 Å². The van der Waals surface area contributed by atoms with Crippen molar-refractivity contribution in [1.29, 1.82) is 0 Å². The molecule has 0 fully saturated rings. The predicted molar refractivity (Wildman–Crippen MR) is 15.5 cm³/mol. The van der Waals surface area contributed by atoms with Crippen molar-refractivity contribution in [2.24, 2.45) is 0 Å². The van der Waals surface area contributed by atoms with E-state index in [4.69, 9.17) is 12.6 Å². The second-order valence-corrected chi connectivity index (χ2v) is 0.612. The molecule has 0 spiro atoms. The van der Waals surface area contributed by atoms with Gasteiger partial charge in [-0.15, -0.1) is 12.6 Å². The summed E-state index contributed by atoms with van der Waals surface area (Å²) >= 11 is 0. The van der Waals surface area contributed by atoms with E-state index in [2.05, 4.69) is 0 Å². The molecule has 0 N–H and O–H groups in total. The van der Waals surface area contributed by atoms with E-state index < -0.39 is 10.6 Å². The van der Waals surface area contributed by atoms with Crippen LogP contribution in [-0.4, -0.2) is 39.9 Å². The Morgan fingerprint density at radius 1 is 1.00 bits per heavy atom. The van der Waals surface area contributed by atoms with Crippen molar-refractivity contribution in [3.05, 3.63) is 0 Å². The van der Waals surface area contributed by atoms with Gasteiger partial charge in [-0.05, 0) is 0 Å². The van der Waals surface area contributed by atoms with E-state index in [-0.39, 0.29) is 27.3 Å². The second kappa shape index (κ2) is 4.54. The molecule has 0 saturated carbocycles. The molecular formula is O3PbS. The summed E-state index contributed by atoms with van der Waals surface area (Å²) in [4.78, 5) is 0. The van der Waals surface area contributed by atoms with Gasteiger partial charge in [0.2, 0.25) is 0 Å². The quantitative estimate of drug-likeness (QED) is 0.516. The van der Waals surface area contributed by atoms with Gasteiger partial charge < -0.3 is 0 Å². The number of rotatable bonds is 0. The molecule has 0 unspecified atom stereocenters. The van der Waals surface area contributed by atoms with Gasteiger partial charge in [-0.3, -0.25) is 0 Å². The molecule has 0 aliphatic carbocycles. The molecular weight excluding hydrogens is 287 g/mol. The first-order valence-corrected chi connectivity index (χ1v) is 1.50. The Kier molecular flexibility index (Phi) is 8.28. The fraction of sp³-hybridized carbons (Fsp3) is 0. The maximum Gasteiger partial charge on any atom is 0.425 e. The van der Waals surface area contributed by atoms with Crippen LogP contribution in [0.4, 0.5) is 0 Å². The van der Waals surface area contributed by atoms with Crippen molar-refractivity contribution in [2.45, 2.75) is 0 Å². The van der Waals surface area contributed by atoms with E-state index in [0.717, 1.165) is 0 Å². The van der Waals surface area contributed by atoms with Crippen molar-refractivity contribution < 1.29 is 12.6 Å². The Bertz CT molecular complexity index is 76.3. The molecule has 0 bridgehead atoms. The molecule has 0 aromatic carbocycles. The minimum atomic E-state index is -3.11. The summed E-state index contributed by atoms with van der Waals surface area (Å²) in [6.07, 6.45) is 0. The van der Waals surface area contributed by atoms with Crippen LogP contribution in [0.1, 0.15) is 0 Å². The van der Waals surface area contributed by atoms with Crippen LogP contribution in [0.3, 0.4) is 0 Å². The maximum atomic E-state index is 8.44. The molecule has 0 heterocycles. The molecule has 0 amide bonds. The van der Waals surface area contributed by atoms with Gasteiger partial charge in [-0.25, -0.2) is 0 Å². The molecule has 0 aromatic heterocycles. The minimum Gasteiger partial charge on any atom is -0.142 e. The van der Waals surface area contributed by atoms with Crippen molar-refractivity contribution in [2.75, 3.05) is 0 Å². The van der Waals surface area contributed by atoms with Crippen molar-refractivity contribution in [3.63, 3.8) is 0 Å². The molecule has 4 radical (unpaired) electrons. The van der Waals surface area contributed by atoms with E-state index in [1.54, 1.807) is 0 Å². The molecule has 0 aliphatic heterocycles. The van der Waals surface area contributed by atoms with E-state index >= 15 is 0 Å². The Morgan fingerprint density at radius 2 is 1.00 bits per heavy atom. The van der Waals surface area contributed by atoms with Crippen molar-refractivity contribution in [3.8, 4) is 0 Å². The molecule has 0 rings (SSSR count). The first-order valence-electron chi connectivity index (χ1n) is 0.500. The molecule has 0 aromatic rings. The van der Waals surface area contributed by atoms with Crippen LogP contribution < -0.4 is 0 Å². The zero-order valence-corrected chi connectivity index (χ0v) is 6.84. The van der Waals surface area contributed by atoms with Gasteiger partial charge in [0.1, 0.15) is 0 Å². The summed E-state index contributed by atoms with van der Waals surface area (Å²) in [7, 11) is -3.11. The third-order valence-electron chi connectivity index (χ3n) is 0. The summed E-state index contributed by atoms with van der Waals surface area (Å²) in [6.45, 7) is 0. The average Bonchev–Trinajstić information content (AvgIpc) is 0.811. The standard InChI is InChI=1S/O3S.Pb/c1-4(2)3;. The third-order valence-corrected chi connectivity index (χ3v) is 0. The molecule has 0 aliphatic rings. The Labute approximate surface area is 50.6 Å². The predicted octanol–water partition coefficient (Wildman–Crippen LogP) is -1.38. The molecule has 3 nitrogen and oxygen atoms in total. The van der Waals surface area contributed by atoms with Gasteiger partial charge in [-0.1, -0.05) is 0 Å². The molecule has 0 atom stereocenters. The monoisotopic (exact) mass is 288 g/mol. The third kappa shape index (κ3) is 99.9. The van der Waals surface area contributed by atoms with Crippen molar-refractivity contribution in [1.82, 2.24) is 0 Å². The van der Waals surface area contributed by atoms with Crippen molar-refractivity contribution >= 4 is 37.9 Å². The first-order chi connectivity index (χ1) is 1.73. The SMILES string of the molecule is O=S(=O)=O.[Pb]. The zero-order valence-electron chi connectivity index (χ0n) is 2.13. The number of hydrogen-bond acceptors (Lipinski definition) is 3. The van der Waals surface area contributed by atoms with Crippen LogP contribution in [0, 0.1) is 0 Å². The maximum absolute atomic E-state index is 8.44. The Hall–Kier alpha value is 0.542. The Morgan fingerprint density at radius 3 is 1.00 bits per heavy atom. The van der Waals surface area contributed by atoms with Gasteiger partial charge in [0.05, 0.1) is 0 Å². The van der Waals surface area contributed by atoms with Crippen LogP contribution in [-0.2, 0) is 10.6 Å². The van der Waals surface area contributed by atoms with Gasteiger partial charge in [0, 0.05) is 27.3 Å². The van der Waals surface area contributed by atoms with Crippen LogP contribution in [0.5, 0.6) is 0 Å². The summed E-state index contributed by atoms with van der Waals surface area (Å²) < 4.78 is 25.3. The molecule has 0 saturated heterocycles. The van der Waals surface area contributed by atoms with Gasteiger partial charge in [0.15, 0.2) is 0 Å². The smallest absolute Gasteiger partial charge is 0.142 e. The second-order valence-electron chi connectivity index (χ2n) is 0.204. The van der Waals surface area contributed by atoms with Gasteiger partial charge in [-0.2, -0.15) is 0 Å². The van der Waals surface area contributed by atoms with Crippen LogP contribution in [0.2, 0.25) is 0 Å². The van der Waals surface area contributed by atoms with E-state index in [0.29, 0.717) is 0 Å². The minimum absolute atomic E-state index is 0. The van der Waals surface area contributed by atoms with Crippen LogP contribution in [0.25, 0.3) is 0 Å². The molecule has 5 heteroatoms. The normalized spacial score (nSPS) is 4.80. The topological polar surface area (TPSA) is 51.2 Å². The first kappa shape index (κ1) is 9.11. The summed E-state index contributed by atoms with van der Waals surface area (Å²) in [5, 5.41) is 0.